The number of hydrogen-bond acceptors (Lipinski definition) is 1. The SMILES string of the molecule is S=P(NP(=[Se])(c1ccccc1)c1ccccc1)(c1ccccc1)c1ccccc1. The molecule has 0 aliphatic rings. The maximum atomic E-state index is 6.49. The first-order valence-corrected chi connectivity index (χ1v) is 16.2. The Morgan fingerprint density at radius 1 is 0.483 bits per heavy atom. The molecule has 144 valence electrons. The molecule has 1 N–H and O–H groups in total. The molecular formula is C24H21NP2SSe. The zero-order chi connectivity index (χ0) is 20.2. The van der Waals surface area contributed by atoms with Gasteiger partial charge in [0.1, 0.15) is 0 Å². The Kier molecular flexibility index (Phi) is 6.47. The topological polar surface area (TPSA) is 12.0 Å². The van der Waals surface area contributed by atoms with Crippen LogP contribution in [0.4, 0.5) is 0 Å². The summed E-state index contributed by atoms with van der Waals surface area (Å²) in [5.74, 6) is 0. The van der Waals surface area contributed by atoms with Gasteiger partial charge in [-0.05, 0) is 0 Å². The summed E-state index contributed by atoms with van der Waals surface area (Å²) in [4.78, 5) is 4.05. The average molecular weight is 496 g/mol. The molecule has 0 amide bonds. The predicted octanol–water partition coefficient (Wildman–Crippen LogP) is 4.29. The summed E-state index contributed by atoms with van der Waals surface area (Å²) in [5.41, 5.74) is -2.06. The Morgan fingerprint density at radius 3 is 1.07 bits per heavy atom. The van der Waals surface area contributed by atoms with Crippen molar-refractivity contribution in [3.8, 4) is 0 Å². The zero-order valence-electron chi connectivity index (χ0n) is 15.8. The number of benzene rings is 4. The van der Waals surface area contributed by atoms with Crippen LogP contribution in [-0.4, -0.2) is 15.1 Å². The molecule has 0 fully saturated rings. The van der Waals surface area contributed by atoms with Crippen LogP contribution in [0.1, 0.15) is 0 Å². The van der Waals surface area contributed by atoms with E-state index in [-0.39, 0.29) is 0 Å². The van der Waals surface area contributed by atoms with Gasteiger partial charge in [-0.3, -0.25) is 0 Å². The monoisotopic (exact) mass is 497 g/mol. The van der Waals surface area contributed by atoms with Gasteiger partial charge >= 0.3 is 186 Å². The Balaban J connectivity index is 1.93. The molecule has 0 saturated heterocycles. The van der Waals surface area contributed by atoms with Crippen LogP contribution in [0.5, 0.6) is 0 Å². The van der Waals surface area contributed by atoms with Crippen LogP contribution in [0.25, 0.3) is 0 Å². The minimum atomic E-state index is -2.28. The standard InChI is InChI=1S/C24H21NP2SSe/c28-26(21-13-5-1-6-14-21,22-15-7-2-8-16-22)25-27(29,23-17-9-3-10-18-23)24-19-11-4-12-20-24/h1-20H,(H,25,28,29). The van der Waals surface area contributed by atoms with Crippen LogP contribution in [0.3, 0.4) is 0 Å². The normalized spacial score (nSPS) is 11.9. The molecule has 0 radical (unpaired) electrons. The maximum absolute atomic E-state index is 6.49. The van der Waals surface area contributed by atoms with E-state index in [2.05, 4.69) is 129 Å². The van der Waals surface area contributed by atoms with Crippen molar-refractivity contribution in [1.82, 2.24) is 4.86 Å². The van der Waals surface area contributed by atoms with Crippen molar-refractivity contribution >= 4 is 60.0 Å². The molecule has 4 aromatic rings. The molecule has 0 atom stereocenters. The van der Waals surface area contributed by atoms with E-state index in [1.807, 2.05) is 12.1 Å². The summed E-state index contributed by atoms with van der Waals surface area (Å²) in [5, 5.41) is 4.86. The molecule has 5 heteroatoms. The molecule has 0 unspecified atom stereocenters. The van der Waals surface area contributed by atoms with E-state index in [0.717, 1.165) is 0 Å². The summed E-state index contributed by atoms with van der Waals surface area (Å²) >= 11 is 10.1. The van der Waals surface area contributed by atoms with E-state index >= 15 is 0 Å². The molecule has 0 bridgehead atoms. The van der Waals surface area contributed by atoms with Crippen molar-refractivity contribution in [2.45, 2.75) is 0 Å². The van der Waals surface area contributed by atoms with E-state index < -0.39 is 11.8 Å². The molecular weight excluding hydrogens is 475 g/mol. The third-order valence-electron chi connectivity index (χ3n) is 4.76. The fourth-order valence-electron chi connectivity index (χ4n) is 3.28. The van der Waals surface area contributed by atoms with Gasteiger partial charge in [0.25, 0.3) is 0 Å². The van der Waals surface area contributed by atoms with Gasteiger partial charge in [-0.1, -0.05) is 0 Å². The van der Waals surface area contributed by atoms with Crippen LogP contribution < -0.4 is 26.1 Å². The summed E-state index contributed by atoms with van der Waals surface area (Å²) in [6.07, 6.45) is -2.28. The van der Waals surface area contributed by atoms with Crippen LogP contribution in [0, 0.1) is 0 Å². The first-order valence-electron chi connectivity index (χ1n) is 9.35. The fraction of sp³-hybridized carbons (Fsp3) is 0. The summed E-state index contributed by atoms with van der Waals surface area (Å²) in [7, 11) is 0. The van der Waals surface area contributed by atoms with Crippen LogP contribution >= 0.6 is 11.8 Å². The number of nitrogens with one attached hydrogen (secondary N) is 1. The minimum absolute atomic E-state index is 1.17. The van der Waals surface area contributed by atoms with Crippen molar-refractivity contribution in [2.24, 2.45) is 0 Å². The second-order valence-corrected chi connectivity index (χ2v) is 17.1. The van der Waals surface area contributed by atoms with Crippen molar-refractivity contribution in [3.63, 3.8) is 0 Å². The number of hydrogen-bond donors (Lipinski definition) is 1. The molecule has 4 aromatic carbocycles. The average Bonchev–Trinajstić information content (AvgIpc) is 2.81. The third kappa shape index (κ3) is 4.32. The van der Waals surface area contributed by atoms with Crippen LogP contribution in [0.15, 0.2) is 121 Å². The third-order valence-corrected chi connectivity index (χ3v) is 17.3. The second-order valence-electron chi connectivity index (χ2n) is 6.66. The molecule has 0 aromatic heterocycles. The van der Waals surface area contributed by atoms with Gasteiger partial charge in [0.2, 0.25) is 0 Å². The first-order chi connectivity index (χ1) is 14.1. The van der Waals surface area contributed by atoms with Gasteiger partial charge in [-0.15, -0.1) is 0 Å². The van der Waals surface area contributed by atoms with Gasteiger partial charge in [-0.2, -0.15) is 0 Å². The fourth-order valence-corrected chi connectivity index (χ4v) is 16.4. The van der Waals surface area contributed by atoms with Crippen molar-refractivity contribution in [2.75, 3.05) is 0 Å². The Morgan fingerprint density at radius 2 is 0.759 bits per heavy atom. The summed E-state index contributed by atoms with van der Waals surface area (Å²) < 4.78 is 0. The van der Waals surface area contributed by atoms with Gasteiger partial charge in [0, 0.05) is 0 Å². The molecule has 0 spiro atoms. The molecule has 0 heterocycles. The van der Waals surface area contributed by atoms with Gasteiger partial charge in [-0.25, -0.2) is 0 Å². The molecule has 0 aliphatic carbocycles. The van der Waals surface area contributed by atoms with Crippen LogP contribution in [0.2, 0.25) is 0 Å². The Bertz CT molecular complexity index is 985. The first kappa shape index (κ1) is 20.7. The summed E-state index contributed by atoms with van der Waals surface area (Å²) in [6.45, 7) is 0. The predicted molar refractivity (Wildman–Crippen MR) is 134 cm³/mol. The summed E-state index contributed by atoms with van der Waals surface area (Å²) in [6, 6.07) is 42.3. The van der Waals surface area contributed by atoms with Crippen LogP contribution in [-0.2, 0) is 11.8 Å². The van der Waals surface area contributed by atoms with E-state index in [0.29, 0.717) is 0 Å². The van der Waals surface area contributed by atoms with Crippen molar-refractivity contribution < 1.29 is 0 Å². The van der Waals surface area contributed by atoms with Gasteiger partial charge in [0.05, 0.1) is 0 Å². The van der Waals surface area contributed by atoms with E-state index in [4.69, 9.17) is 11.8 Å². The Hall–Kier alpha value is -1.56. The van der Waals surface area contributed by atoms with E-state index in [1.165, 1.54) is 21.2 Å². The second kappa shape index (κ2) is 9.07. The molecule has 0 aliphatic heterocycles. The zero-order valence-corrected chi connectivity index (χ0v) is 20.1. The van der Waals surface area contributed by atoms with Gasteiger partial charge in [0.15, 0.2) is 0 Å². The number of rotatable bonds is 6. The van der Waals surface area contributed by atoms with E-state index in [9.17, 15) is 0 Å². The van der Waals surface area contributed by atoms with Gasteiger partial charge < -0.3 is 0 Å². The molecule has 29 heavy (non-hydrogen) atoms. The quantitative estimate of drug-likeness (QED) is 0.316. The van der Waals surface area contributed by atoms with E-state index in [1.54, 1.807) is 0 Å². The molecule has 0 saturated carbocycles. The Labute approximate surface area is 185 Å². The molecule has 4 rings (SSSR count). The van der Waals surface area contributed by atoms with Crippen molar-refractivity contribution in [3.05, 3.63) is 121 Å². The molecule has 1 nitrogen and oxygen atoms in total. The van der Waals surface area contributed by atoms with Crippen molar-refractivity contribution in [1.29, 1.82) is 0 Å².